The van der Waals surface area contributed by atoms with Crippen LogP contribution in [-0.2, 0) is 4.74 Å². The Morgan fingerprint density at radius 2 is 2.11 bits per heavy atom. The molecule has 4 heteroatoms. The molecule has 1 unspecified atom stereocenters. The predicted octanol–water partition coefficient (Wildman–Crippen LogP) is 1.98. The zero-order chi connectivity index (χ0) is 13.7. The Hall–Kier alpha value is -1.55. The minimum atomic E-state index is -0.101. The van der Waals surface area contributed by atoms with Gasteiger partial charge in [-0.2, -0.15) is 0 Å². The first kappa shape index (κ1) is 14.5. The fraction of sp³-hybridized carbons (Fsp3) is 0.500. The van der Waals surface area contributed by atoms with E-state index in [4.69, 9.17) is 10.5 Å². The summed E-state index contributed by atoms with van der Waals surface area (Å²) in [4.78, 5) is 12.2. The van der Waals surface area contributed by atoms with E-state index in [9.17, 15) is 4.79 Å². The first-order valence-electron chi connectivity index (χ1n) is 6.12. The number of carbonyl (C=O) groups excluding carboxylic acids is 1. The SMILES string of the molecule is COCC(NC(=O)c1cccc(N)c1C)C(C)C. The minimum absolute atomic E-state index is 0.00308. The van der Waals surface area contributed by atoms with E-state index in [0.717, 1.165) is 5.56 Å². The van der Waals surface area contributed by atoms with Gasteiger partial charge in [0.05, 0.1) is 12.6 Å². The number of hydrogen-bond acceptors (Lipinski definition) is 3. The van der Waals surface area contributed by atoms with E-state index in [-0.39, 0.29) is 11.9 Å². The standard InChI is InChI=1S/C14H22N2O2/c1-9(2)13(8-18-4)16-14(17)11-6-5-7-12(15)10(11)3/h5-7,9,13H,8,15H2,1-4H3,(H,16,17). The molecule has 0 aliphatic carbocycles. The number of amides is 1. The van der Waals surface area contributed by atoms with Crippen molar-refractivity contribution in [2.24, 2.45) is 5.92 Å². The summed E-state index contributed by atoms with van der Waals surface area (Å²) in [6, 6.07) is 5.37. The smallest absolute Gasteiger partial charge is 0.251 e. The maximum atomic E-state index is 12.2. The van der Waals surface area contributed by atoms with Crippen molar-refractivity contribution < 1.29 is 9.53 Å². The molecule has 1 aromatic rings. The number of carbonyl (C=O) groups is 1. The molecule has 18 heavy (non-hydrogen) atoms. The van der Waals surface area contributed by atoms with Crippen LogP contribution in [-0.4, -0.2) is 25.7 Å². The van der Waals surface area contributed by atoms with Crippen LogP contribution in [0, 0.1) is 12.8 Å². The van der Waals surface area contributed by atoms with Crippen LogP contribution in [0.4, 0.5) is 5.69 Å². The molecule has 1 amide bonds. The highest BCUT2D eigenvalue weighted by Crippen LogP contribution is 2.16. The summed E-state index contributed by atoms with van der Waals surface area (Å²) in [5, 5.41) is 2.98. The Morgan fingerprint density at radius 1 is 1.44 bits per heavy atom. The highest BCUT2D eigenvalue weighted by molar-refractivity contribution is 5.97. The fourth-order valence-electron chi connectivity index (χ4n) is 1.73. The van der Waals surface area contributed by atoms with Crippen LogP contribution in [0.1, 0.15) is 29.8 Å². The monoisotopic (exact) mass is 250 g/mol. The van der Waals surface area contributed by atoms with Gasteiger partial charge in [0.2, 0.25) is 0 Å². The van der Waals surface area contributed by atoms with Gasteiger partial charge in [-0.05, 0) is 30.5 Å². The van der Waals surface area contributed by atoms with Gasteiger partial charge in [-0.3, -0.25) is 4.79 Å². The Kier molecular flexibility index (Phi) is 5.16. The molecule has 0 saturated carbocycles. The second-order valence-electron chi connectivity index (χ2n) is 4.80. The van der Waals surface area contributed by atoms with E-state index >= 15 is 0 Å². The zero-order valence-electron chi connectivity index (χ0n) is 11.5. The van der Waals surface area contributed by atoms with Crippen molar-refractivity contribution in [2.75, 3.05) is 19.5 Å². The van der Waals surface area contributed by atoms with E-state index < -0.39 is 0 Å². The maximum absolute atomic E-state index is 12.2. The molecule has 1 aromatic carbocycles. The molecule has 0 aromatic heterocycles. The van der Waals surface area contributed by atoms with E-state index in [2.05, 4.69) is 19.2 Å². The van der Waals surface area contributed by atoms with Crippen molar-refractivity contribution in [3.63, 3.8) is 0 Å². The lowest BCUT2D eigenvalue weighted by Crippen LogP contribution is -2.41. The number of hydrogen-bond donors (Lipinski definition) is 2. The highest BCUT2D eigenvalue weighted by atomic mass is 16.5. The lowest BCUT2D eigenvalue weighted by atomic mass is 10.0. The van der Waals surface area contributed by atoms with Crippen molar-refractivity contribution in [1.82, 2.24) is 5.32 Å². The second kappa shape index (κ2) is 6.40. The molecule has 1 rings (SSSR count). The Labute approximate surface area is 109 Å². The van der Waals surface area contributed by atoms with Gasteiger partial charge in [-0.25, -0.2) is 0 Å². The molecule has 0 radical (unpaired) electrons. The largest absolute Gasteiger partial charge is 0.398 e. The van der Waals surface area contributed by atoms with Crippen LogP contribution in [0.25, 0.3) is 0 Å². The van der Waals surface area contributed by atoms with Gasteiger partial charge < -0.3 is 15.8 Å². The molecule has 0 saturated heterocycles. The van der Waals surface area contributed by atoms with Gasteiger partial charge in [-0.15, -0.1) is 0 Å². The molecule has 0 fully saturated rings. The Bertz CT molecular complexity index is 416. The van der Waals surface area contributed by atoms with Crippen LogP contribution in [0.3, 0.4) is 0 Å². The number of ether oxygens (including phenoxy) is 1. The summed E-state index contributed by atoms with van der Waals surface area (Å²) in [7, 11) is 1.63. The van der Waals surface area contributed by atoms with Crippen LogP contribution in [0.15, 0.2) is 18.2 Å². The topological polar surface area (TPSA) is 64.3 Å². The number of rotatable bonds is 5. The normalized spacial score (nSPS) is 12.5. The summed E-state index contributed by atoms with van der Waals surface area (Å²) in [6.45, 7) is 6.46. The summed E-state index contributed by atoms with van der Waals surface area (Å²) in [5.74, 6) is 0.214. The van der Waals surface area contributed by atoms with Crippen molar-refractivity contribution in [3.8, 4) is 0 Å². The van der Waals surface area contributed by atoms with Gasteiger partial charge >= 0.3 is 0 Å². The van der Waals surface area contributed by atoms with E-state index in [1.54, 1.807) is 25.3 Å². The van der Waals surface area contributed by atoms with Gasteiger partial charge in [0, 0.05) is 18.4 Å². The van der Waals surface area contributed by atoms with Crippen molar-refractivity contribution >= 4 is 11.6 Å². The number of benzene rings is 1. The first-order chi connectivity index (χ1) is 8.47. The number of nitrogen functional groups attached to an aromatic ring is 1. The summed E-state index contributed by atoms with van der Waals surface area (Å²) < 4.78 is 5.12. The van der Waals surface area contributed by atoms with Crippen LogP contribution >= 0.6 is 0 Å². The van der Waals surface area contributed by atoms with Gasteiger partial charge in [-0.1, -0.05) is 19.9 Å². The molecule has 100 valence electrons. The zero-order valence-corrected chi connectivity index (χ0v) is 11.5. The lowest BCUT2D eigenvalue weighted by molar-refractivity contribution is 0.0866. The van der Waals surface area contributed by atoms with Gasteiger partial charge in [0.1, 0.15) is 0 Å². The molecular formula is C14H22N2O2. The molecule has 0 bridgehead atoms. The number of anilines is 1. The molecule has 0 aliphatic heterocycles. The number of nitrogens with two attached hydrogens (primary N) is 1. The van der Waals surface area contributed by atoms with Crippen LogP contribution in [0.2, 0.25) is 0 Å². The minimum Gasteiger partial charge on any atom is -0.398 e. The van der Waals surface area contributed by atoms with Crippen molar-refractivity contribution in [3.05, 3.63) is 29.3 Å². The van der Waals surface area contributed by atoms with Gasteiger partial charge in [0.25, 0.3) is 5.91 Å². The van der Waals surface area contributed by atoms with E-state index in [1.165, 1.54) is 0 Å². The third-order valence-corrected chi connectivity index (χ3v) is 3.09. The lowest BCUT2D eigenvalue weighted by Gasteiger charge is -2.22. The van der Waals surface area contributed by atoms with E-state index in [0.29, 0.717) is 23.8 Å². The first-order valence-corrected chi connectivity index (χ1v) is 6.12. The van der Waals surface area contributed by atoms with Gasteiger partial charge in [0.15, 0.2) is 0 Å². The van der Waals surface area contributed by atoms with Crippen LogP contribution in [0.5, 0.6) is 0 Å². The number of nitrogens with one attached hydrogen (secondary N) is 1. The average Bonchev–Trinajstić information content (AvgIpc) is 2.31. The maximum Gasteiger partial charge on any atom is 0.251 e. The van der Waals surface area contributed by atoms with E-state index in [1.807, 2.05) is 6.92 Å². The Morgan fingerprint density at radius 3 is 2.67 bits per heavy atom. The molecule has 4 nitrogen and oxygen atoms in total. The molecule has 0 spiro atoms. The third kappa shape index (κ3) is 3.47. The second-order valence-corrected chi connectivity index (χ2v) is 4.80. The third-order valence-electron chi connectivity index (χ3n) is 3.09. The predicted molar refractivity (Wildman–Crippen MR) is 73.6 cm³/mol. The fourth-order valence-corrected chi connectivity index (χ4v) is 1.73. The van der Waals surface area contributed by atoms with Crippen LogP contribution < -0.4 is 11.1 Å². The highest BCUT2D eigenvalue weighted by Gasteiger charge is 2.18. The quantitative estimate of drug-likeness (QED) is 0.785. The molecule has 1 atom stereocenters. The number of methoxy groups -OCH3 is 1. The molecule has 3 N–H and O–H groups in total. The van der Waals surface area contributed by atoms with Crippen molar-refractivity contribution in [1.29, 1.82) is 0 Å². The summed E-state index contributed by atoms with van der Waals surface area (Å²) in [6.07, 6.45) is 0. The molecule has 0 heterocycles. The average molecular weight is 250 g/mol. The van der Waals surface area contributed by atoms with Crippen molar-refractivity contribution in [2.45, 2.75) is 26.8 Å². The summed E-state index contributed by atoms with van der Waals surface area (Å²) >= 11 is 0. The Balaban J connectivity index is 2.84. The summed E-state index contributed by atoms with van der Waals surface area (Å²) in [5.41, 5.74) is 7.87. The molecule has 0 aliphatic rings. The molecular weight excluding hydrogens is 228 g/mol.